The Kier molecular flexibility index (Phi) is 5.66. The Balaban J connectivity index is 1.74. The number of methoxy groups -OCH3 is 1. The number of aromatic nitrogens is 2. The number of hydrogen-bond acceptors (Lipinski definition) is 4. The van der Waals surface area contributed by atoms with Crippen molar-refractivity contribution < 1.29 is 4.74 Å². The zero-order valence-corrected chi connectivity index (χ0v) is 12.1. The first kappa shape index (κ1) is 14.3. The minimum Gasteiger partial charge on any atom is -0.383 e. The van der Waals surface area contributed by atoms with E-state index in [4.69, 9.17) is 4.74 Å². The summed E-state index contributed by atoms with van der Waals surface area (Å²) in [7, 11) is 1.71. The molecule has 1 saturated heterocycles. The van der Waals surface area contributed by atoms with Gasteiger partial charge in [-0.3, -0.25) is 4.68 Å². The molecule has 0 radical (unpaired) electrons. The van der Waals surface area contributed by atoms with Gasteiger partial charge in [-0.25, -0.2) is 0 Å². The minimum atomic E-state index is 0.468. The molecule has 1 aromatic heterocycles. The average molecular weight is 266 g/mol. The van der Waals surface area contributed by atoms with Crippen LogP contribution in [0.15, 0.2) is 12.4 Å². The Morgan fingerprint density at radius 3 is 3.21 bits per heavy atom. The predicted molar refractivity (Wildman–Crippen MR) is 77.4 cm³/mol. The predicted octanol–water partition coefficient (Wildman–Crippen LogP) is 1.86. The summed E-state index contributed by atoms with van der Waals surface area (Å²) in [6.07, 6.45) is 9.09. The molecule has 1 aromatic rings. The van der Waals surface area contributed by atoms with Crippen LogP contribution in [-0.4, -0.2) is 42.1 Å². The van der Waals surface area contributed by atoms with Crippen LogP contribution in [0.4, 0.5) is 5.69 Å². The summed E-state index contributed by atoms with van der Waals surface area (Å²) in [6, 6.07) is 1.13. The van der Waals surface area contributed by atoms with Crippen molar-refractivity contribution in [3.8, 4) is 0 Å². The molecule has 2 heterocycles. The van der Waals surface area contributed by atoms with Crippen molar-refractivity contribution in [2.24, 2.45) is 0 Å². The topological polar surface area (TPSA) is 51.1 Å². The largest absolute Gasteiger partial charge is 0.383 e. The molecule has 2 atom stereocenters. The van der Waals surface area contributed by atoms with E-state index in [2.05, 4.69) is 22.7 Å². The van der Waals surface area contributed by atoms with Gasteiger partial charge in [0.25, 0.3) is 0 Å². The van der Waals surface area contributed by atoms with E-state index in [1.54, 1.807) is 7.11 Å². The molecule has 2 N–H and O–H groups in total. The van der Waals surface area contributed by atoms with Crippen molar-refractivity contribution >= 4 is 5.69 Å². The van der Waals surface area contributed by atoms with E-state index in [1.807, 2.05) is 17.1 Å². The van der Waals surface area contributed by atoms with Gasteiger partial charge in [0, 0.05) is 25.4 Å². The molecule has 0 aromatic carbocycles. The number of piperidine rings is 1. The van der Waals surface area contributed by atoms with Crippen molar-refractivity contribution in [1.82, 2.24) is 15.1 Å². The molecule has 108 valence electrons. The maximum absolute atomic E-state index is 5.05. The summed E-state index contributed by atoms with van der Waals surface area (Å²) in [5.74, 6) is 0. The van der Waals surface area contributed by atoms with Crippen molar-refractivity contribution in [3.05, 3.63) is 12.4 Å². The highest BCUT2D eigenvalue weighted by Crippen LogP contribution is 2.15. The fraction of sp³-hybridized carbons (Fsp3) is 0.786. The second kappa shape index (κ2) is 7.50. The molecule has 1 aliphatic rings. The van der Waals surface area contributed by atoms with Gasteiger partial charge in [-0.05, 0) is 32.7 Å². The zero-order chi connectivity index (χ0) is 13.5. The summed E-state index contributed by atoms with van der Waals surface area (Å²) in [5, 5.41) is 11.4. The molecule has 2 unspecified atom stereocenters. The highest BCUT2D eigenvalue weighted by atomic mass is 16.5. The molecule has 2 rings (SSSR count). The van der Waals surface area contributed by atoms with Crippen LogP contribution in [0.3, 0.4) is 0 Å². The van der Waals surface area contributed by atoms with Gasteiger partial charge in [0.05, 0.1) is 25.0 Å². The van der Waals surface area contributed by atoms with Crippen LogP contribution in [-0.2, 0) is 11.3 Å². The van der Waals surface area contributed by atoms with E-state index in [0.29, 0.717) is 18.7 Å². The fourth-order valence-electron chi connectivity index (χ4n) is 2.64. The van der Waals surface area contributed by atoms with Crippen LogP contribution in [0, 0.1) is 0 Å². The summed E-state index contributed by atoms with van der Waals surface area (Å²) in [5.41, 5.74) is 1.10. The lowest BCUT2D eigenvalue weighted by Crippen LogP contribution is -2.37. The second-order valence-corrected chi connectivity index (χ2v) is 5.41. The summed E-state index contributed by atoms with van der Waals surface area (Å²) < 4.78 is 6.96. The van der Waals surface area contributed by atoms with Gasteiger partial charge >= 0.3 is 0 Å². The Hall–Kier alpha value is -1.07. The number of hydrogen-bond donors (Lipinski definition) is 2. The summed E-state index contributed by atoms with van der Waals surface area (Å²) in [4.78, 5) is 0. The van der Waals surface area contributed by atoms with Crippen molar-refractivity contribution in [3.63, 3.8) is 0 Å². The first-order valence-electron chi connectivity index (χ1n) is 7.29. The molecular formula is C14H26N4O. The van der Waals surface area contributed by atoms with E-state index in [1.165, 1.54) is 32.2 Å². The first-order valence-corrected chi connectivity index (χ1v) is 7.29. The second-order valence-electron chi connectivity index (χ2n) is 5.41. The third kappa shape index (κ3) is 4.84. The molecule has 0 aliphatic carbocycles. The van der Waals surface area contributed by atoms with E-state index >= 15 is 0 Å². The highest BCUT2D eigenvalue weighted by Gasteiger charge is 2.15. The van der Waals surface area contributed by atoms with Crippen molar-refractivity contribution in [2.75, 3.05) is 25.6 Å². The lowest BCUT2D eigenvalue weighted by atomic mass is 9.99. The summed E-state index contributed by atoms with van der Waals surface area (Å²) >= 11 is 0. The monoisotopic (exact) mass is 266 g/mol. The number of rotatable bonds is 7. The third-order valence-corrected chi connectivity index (χ3v) is 3.62. The molecule has 0 spiro atoms. The van der Waals surface area contributed by atoms with E-state index in [9.17, 15) is 0 Å². The molecule has 5 nitrogen and oxygen atoms in total. The van der Waals surface area contributed by atoms with Gasteiger partial charge in [-0.1, -0.05) is 6.42 Å². The Labute approximate surface area is 115 Å². The first-order chi connectivity index (χ1) is 9.28. The van der Waals surface area contributed by atoms with Crippen LogP contribution in [0.2, 0.25) is 0 Å². The smallest absolute Gasteiger partial charge is 0.0728 e. The standard InChI is InChI=1S/C14H26N4O/c1-12(9-13-5-3-4-6-15-13)17-14-10-16-18(11-14)7-8-19-2/h10-13,15,17H,3-9H2,1-2H3. The van der Waals surface area contributed by atoms with Crippen LogP contribution in [0.25, 0.3) is 0 Å². The highest BCUT2D eigenvalue weighted by molar-refractivity contribution is 5.39. The number of ether oxygens (including phenoxy) is 1. The molecule has 0 amide bonds. The number of anilines is 1. The fourth-order valence-corrected chi connectivity index (χ4v) is 2.64. The van der Waals surface area contributed by atoms with Gasteiger partial charge in [0.15, 0.2) is 0 Å². The molecule has 5 heteroatoms. The lowest BCUT2D eigenvalue weighted by molar-refractivity contribution is 0.183. The van der Waals surface area contributed by atoms with Crippen molar-refractivity contribution in [1.29, 1.82) is 0 Å². The Bertz CT molecular complexity index is 360. The average Bonchev–Trinajstić information content (AvgIpc) is 2.85. The molecule has 19 heavy (non-hydrogen) atoms. The number of nitrogens with zero attached hydrogens (tertiary/aromatic N) is 2. The molecule has 0 bridgehead atoms. The van der Waals surface area contributed by atoms with Gasteiger partial charge in [0.1, 0.15) is 0 Å². The molecule has 0 saturated carbocycles. The molecule has 1 aliphatic heterocycles. The quantitative estimate of drug-likeness (QED) is 0.791. The van der Waals surface area contributed by atoms with Crippen LogP contribution < -0.4 is 10.6 Å². The van der Waals surface area contributed by atoms with E-state index in [-0.39, 0.29) is 0 Å². The SMILES string of the molecule is COCCn1cc(NC(C)CC2CCCCN2)cn1. The van der Waals surface area contributed by atoms with Crippen LogP contribution in [0.5, 0.6) is 0 Å². The molecule has 1 fully saturated rings. The van der Waals surface area contributed by atoms with Crippen LogP contribution >= 0.6 is 0 Å². The van der Waals surface area contributed by atoms with Gasteiger partial charge in [-0.15, -0.1) is 0 Å². The molecular weight excluding hydrogens is 240 g/mol. The van der Waals surface area contributed by atoms with Gasteiger partial charge in [-0.2, -0.15) is 5.10 Å². The third-order valence-electron chi connectivity index (χ3n) is 3.62. The van der Waals surface area contributed by atoms with Gasteiger partial charge in [0.2, 0.25) is 0 Å². The number of nitrogens with one attached hydrogen (secondary N) is 2. The normalized spacial score (nSPS) is 21.3. The lowest BCUT2D eigenvalue weighted by Gasteiger charge is -2.26. The van der Waals surface area contributed by atoms with E-state index in [0.717, 1.165) is 12.2 Å². The maximum Gasteiger partial charge on any atom is 0.0728 e. The summed E-state index contributed by atoms with van der Waals surface area (Å²) in [6.45, 7) is 4.91. The van der Waals surface area contributed by atoms with Gasteiger partial charge < -0.3 is 15.4 Å². The minimum absolute atomic E-state index is 0.468. The Morgan fingerprint density at radius 1 is 1.58 bits per heavy atom. The van der Waals surface area contributed by atoms with Crippen molar-refractivity contribution in [2.45, 2.75) is 51.2 Å². The van der Waals surface area contributed by atoms with E-state index < -0.39 is 0 Å². The zero-order valence-electron chi connectivity index (χ0n) is 12.1. The maximum atomic E-state index is 5.05. The Morgan fingerprint density at radius 2 is 2.47 bits per heavy atom. The van der Waals surface area contributed by atoms with Crippen LogP contribution in [0.1, 0.15) is 32.6 Å².